The highest BCUT2D eigenvalue weighted by molar-refractivity contribution is 7.96. The molecule has 1 saturated heterocycles. The molecular weight excluding hydrogens is 568 g/mol. The molecule has 2 amide bonds. The molecule has 1 heterocycles. The monoisotopic (exact) mass is 614 g/mol. The van der Waals surface area contributed by atoms with Gasteiger partial charge in [0.15, 0.2) is 0 Å². The molecule has 2 atom stereocenters. The summed E-state index contributed by atoms with van der Waals surface area (Å²) in [5.41, 5.74) is 9.56. The van der Waals surface area contributed by atoms with Crippen LogP contribution < -0.4 is 26.4 Å². The van der Waals surface area contributed by atoms with Gasteiger partial charge in [-0.25, -0.2) is 0 Å². The lowest BCUT2D eigenvalue weighted by Gasteiger charge is -2.26. The van der Waals surface area contributed by atoms with E-state index in [0.29, 0.717) is 30.9 Å². The third kappa shape index (κ3) is 11.4. The van der Waals surface area contributed by atoms with Crippen molar-refractivity contribution >= 4 is 29.6 Å². The number of benzene rings is 3. The fraction of sp³-hybridized carbons (Fsp3) is 0.400. The molecule has 0 radical (unpaired) electrons. The quantitative estimate of drug-likeness (QED) is 0.0744. The second-order valence-corrected chi connectivity index (χ2v) is 12.3. The van der Waals surface area contributed by atoms with Crippen LogP contribution in [0.25, 0.3) is 0 Å². The first-order valence-corrected chi connectivity index (χ1v) is 16.6. The Balaban J connectivity index is 1.39. The molecule has 2 unspecified atom stereocenters. The van der Waals surface area contributed by atoms with Crippen molar-refractivity contribution < 1.29 is 9.59 Å². The predicted octanol–water partition coefficient (Wildman–Crippen LogP) is 4.68. The number of rotatable bonds is 17. The van der Waals surface area contributed by atoms with E-state index >= 15 is 0 Å². The van der Waals surface area contributed by atoms with Crippen LogP contribution in [0.15, 0.2) is 84.9 Å². The van der Waals surface area contributed by atoms with Crippen molar-refractivity contribution in [3.63, 3.8) is 0 Å². The number of carbonyl (C=O) groups is 2. The number of piperidine rings is 1. The molecule has 4 rings (SSSR count). The molecule has 3 aromatic carbocycles. The van der Waals surface area contributed by atoms with E-state index in [4.69, 9.17) is 11.1 Å². The van der Waals surface area contributed by atoms with E-state index in [-0.39, 0.29) is 17.6 Å². The van der Waals surface area contributed by atoms with Gasteiger partial charge < -0.3 is 21.7 Å². The minimum Gasteiger partial charge on any atom is -0.384 e. The first-order valence-electron chi connectivity index (χ1n) is 15.6. The molecular formula is C35H46N6O2S. The molecule has 0 aromatic heterocycles. The van der Waals surface area contributed by atoms with Crippen LogP contribution >= 0.6 is 11.9 Å². The fourth-order valence-corrected chi connectivity index (χ4v) is 6.30. The van der Waals surface area contributed by atoms with Gasteiger partial charge in [-0.3, -0.25) is 19.7 Å². The fourth-order valence-electron chi connectivity index (χ4n) is 5.43. The van der Waals surface area contributed by atoms with E-state index in [0.717, 1.165) is 56.5 Å². The van der Waals surface area contributed by atoms with Crippen LogP contribution in [0.1, 0.15) is 60.8 Å². The predicted molar refractivity (Wildman–Crippen MR) is 180 cm³/mol. The van der Waals surface area contributed by atoms with Gasteiger partial charge in [0.2, 0.25) is 11.8 Å². The highest BCUT2D eigenvalue weighted by Crippen LogP contribution is 2.20. The first kappa shape index (κ1) is 33.2. The van der Waals surface area contributed by atoms with Crippen molar-refractivity contribution in [2.24, 2.45) is 11.7 Å². The topological polar surface area (TPSA) is 132 Å². The van der Waals surface area contributed by atoms with Gasteiger partial charge in [0.1, 0.15) is 11.9 Å². The molecule has 234 valence electrons. The summed E-state index contributed by atoms with van der Waals surface area (Å²) in [4.78, 5) is 27.3. The molecule has 0 bridgehead atoms. The van der Waals surface area contributed by atoms with E-state index in [1.165, 1.54) is 23.1 Å². The van der Waals surface area contributed by atoms with E-state index in [1.54, 1.807) is 12.1 Å². The second kappa shape index (κ2) is 18.2. The average Bonchev–Trinajstić information content (AvgIpc) is 3.06. The molecule has 1 fully saturated rings. The third-order valence-corrected chi connectivity index (χ3v) is 9.04. The number of nitrogens with two attached hydrogens (primary N) is 1. The summed E-state index contributed by atoms with van der Waals surface area (Å²) < 4.78 is 3.41. The van der Waals surface area contributed by atoms with Crippen LogP contribution in [-0.4, -0.2) is 42.8 Å². The van der Waals surface area contributed by atoms with Crippen LogP contribution in [0.5, 0.6) is 0 Å². The molecule has 8 nitrogen and oxygen atoms in total. The Labute approximate surface area is 266 Å². The Bertz CT molecular complexity index is 1250. The zero-order valence-corrected chi connectivity index (χ0v) is 26.2. The Kier molecular flexibility index (Phi) is 13.8. The minimum absolute atomic E-state index is 0.00939. The lowest BCUT2D eigenvalue weighted by Crippen LogP contribution is -2.52. The summed E-state index contributed by atoms with van der Waals surface area (Å²) >= 11 is 1.53. The normalized spacial score (nSPS) is 14.8. The summed E-state index contributed by atoms with van der Waals surface area (Å²) in [5.74, 6) is 0.975. The average molecular weight is 615 g/mol. The van der Waals surface area contributed by atoms with Crippen molar-refractivity contribution in [1.29, 1.82) is 5.41 Å². The van der Waals surface area contributed by atoms with Gasteiger partial charge in [-0.1, -0.05) is 96.9 Å². The molecule has 0 saturated carbocycles. The molecule has 3 aromatic rings. The van der Waals surface area contributed by atoms with Crippen molar-refractivity contribution in [2.45, 2.75) is 69.3 Å². The Hall–Kier alpha value is -3.66. The summed E-state index contributed by atoms with van der Waals surface area (Å²) in [5, 5.41) is 17.2. The van der Waals surface area contributed by atoms with Gasteiger partial charge in [-0.2, -0.15) is 0 Å². The number of amidine groups is 1. The number of amides is 2. The van der Waals surface area contributed by atoms with Crippen LogP contribution in [0.4, 0.5) is 0 Å². The molecule has 9 heteroatoms. The number of hydrogen-bond acceptors (Lipinski definition) is 6. The third-order valence-electron chi connectivity index (χ3n) is 8.11. The summed E-state index contributed by atoms with van der Waals surface area (Å²) in [6.45, 7) is 2.33. The van der Waals surface area contributed by atoms with Crippen LogP contribution in [0.3, 0.4) is 0 Å². The van der Waals surface area contributed by atoms with Crippen molar-refractivity contribution in [2.75, 3.05) is 13.1 Å². The minimum atomic E-state index is -0.619. The highest BCUT2D eigenvalue weighted by Gasteiger charge is 2.27. The molecule has 1 aliphatic rings. The van der Waals surface area contributed by atoms with Gasteiger partial charge in [-0.05, 0) is 80.6 Å². The first-order chi connectivity index (χ1) is 21.5. The van der Waals surface area contributed by atoms with Gasteiger partial charge in [-0.15, -0.1) is 0 Å². The Morgan fingerprint density at radius 2 is 1.50 bits per heavy atom. The highest BCUT2D eigenvalue weighted by atomic mass is 32.2. The SMILES string of the molecule is N=C(N)c1ccc(CNC(=O)C(CCC2CCNCC2)NC(=O)C(CCCc2ccccc2)NSCc2ccccc2)cc1. The van der Waals surface area contributed by atoms with Crippen LogP contribution in [0, 0.1) is 11.3 Å². The Morgan fingerprint density at radius 3 is 2.16 bits per heavy atom. The van der Waals surface area contributed by atoms with Gasteiger partial charge in [0.05, 0.1) is 6.04 Å². The van der Waals surface area contributed by atoms with Crippen molar-refractivity contribution in [3.8, 4) is 0 Å². The van der Waals surface area contributed by atoms with E-state index < -0.39 is 12.1 Å². The van der Waals surface area contributed by atoms with Gasteiger partial charge >= 0.3 is 0 Å². The van der Waals surface area contributed by atoms with Gasteiger partial charge in [0, 0.05) is 17.9 Å². The standard InChI is InChI=1S/C35H46N6O2S/c36-33(37)30-17-14-28(15-18-30)24-39-34(42)31(19-16-27-20-22-38-23-21-27)40-35(43)32(13-7-12-26-8-3-1-4-9-26)41-44-25-29-10-5-2-6-11-29/h1-6,8-11,14-15,17-18,27,31-32,38,41H,7,12-13,16,19-25H2,(H3,36,37)(H,39,42)(H,40,43). The lowest BCUT2D eigenvalue weighted by molar-refractivity contribution is -0.130. The molecule has 1 aliphatic heterocycles. The lowest BCUT2D eigenvalue weighted by atomic mass is 9.91. The molecule has 0 spiro atoms. The zero-order valence-electron chi connectivity index (χ0n) is 25.4. The molecule has 7 N–H and O–H groups in total. The Morgan fingerprint density at radius 1 is 0.841 bits per heavy atom. The van der Waals surface area contributed by atoms with Crippen LogP contribution in [0.2, 0.25) is 0 Å². The van der Waals surface area contributed by atoms with Crippen LogP contribution in [-0.2, 0) is 28.3 Å². The maximum absolute atomic E-state index is 13.8. The number of aryl methyl sites for hydroxylation is 1. The summed E-state index contributed by atoms with van der Waals surface area (Å²) in [6.07, 6.45) is 6.06. The van der Waals surface area contributed by atoms with Gasteiger partial charge in [0.25, 0.3) is 0 Å². The second-order valence-electron chi connectivity index (χ2n) is 11.5. The summed E-state index contributed by atoms with van der Waals surface area (Å²) in [6, 6.07) is 26.7. The molecule has 0 aliphatic carbocycles. The van der Waals surface area contributed by atoms with E-state index in [2.05, 4.69) is 44.9 Å². The largest absolute Gasteiger partial charge is 0.384 e. The number of nitrogen functional groups attached to an aromatic ring is 1. The van der Waals surface area contributed by atoms with E-state index in [9.17, 15) is 9.59 Å². The number of carbonyl (C=O) groups excluding carboxylic acids is 2. The maximum atomic E-state index is 13.8. The number of nitrogens with one attached hydrogen (secondary N) is 5. The maximum Gasteiger partial charge on any atom is 0.242 e. The number of hydrogen-bond donors (Lipinski definition) is 6. The van der Waals surface area contributed by atoms with Crippen molar-refractivity contribution in [1.82, 2.24) is 20.7 Å². The smallest absolute Gasteiger partial charge is 0.242 e. The molecule has 44 heavy (non-hydrogen) atoms. The van der Waals surface area contributed by atoms with E-state index in [1.807, 2.05) is 48.5 Å². The zero-order chi connectivity index (χ0) is 31.0. The summed E-state index contributed by atoms with van der Waals surface area (Å²) in [7, 11) is 0. The van der Waals surface area contributed by atoms with Crippen molar-refractivity contribution in [3.05, 3.63) is 107 Å².